The summed E-state index contributed by atoms with van der Waals surface area (Å²) >= 11 is 0. The predicted octanol–water partition coefficient (Wildman–Crippen LogP) is 1.43. The fourth-order valence-electron chi connectivity index (χ4n) is 2.72. The Labute approximate surface area is 176 Å². The third-order valence-electron chi connectivity index (χ3n) is 4.44. The molecule has 2 aromatic carbocycles. The number of methoxy groups -OCH3 is 3. The summed E-state index contributed by atoms with van der Waals surface area (Å²) in [4.78, 5) is 12.5. The first-order valence-corrected chi connectivity index (χ1v) is 10.4. The van der Waals surface area contributed by atoms with E-state index in [1.807, 2.05) is 0 Å². The molecular formula is C20H26N2O7S. The molecule has 10 heteroatoms. The first kappa shape index (κ1) is 23.5. The summed E-state index contributed by atoms with van der Waals surface area (Å²) < 4.78 is 41.6. The second-order valence-electron chi connectivity index (χ2n) is 6.49. The molecule has 0 saturated carbocycles. The maximum absolute atomic E-state index is 12.6. The van der Waals surface area contributed by atoms with Crippen LogP contribution in [-0.4, -0.2) is 65.7 Å². The Balaban J connectivity index is 2.23. The van der Waals surface area contributed by atoms with Crippen LogP contribution in [0.1, 0.15) is 22.0 Å². The monoisotopic (exact) mass is 438 g/mol. The van der Waals surface area contributed by atoms with Gasteiger partial charge in [0.2, 0.25) is 10.0 Å². The summed E-state index contributed by atoms with van der Waals surface area (Å²) in [5.41, 5.74) is 0.559. The van der Waals surface area contributed by atoms with Crippen molar-refractivity contribution in [3.05, 3.63) is 47.5 Å². The van der Waals surface area contributed by atoms with Crippen molar-refractivity contribution in [2.45, 2.75) is 11.0 Å². The molecule has 2 N–H and O–H groups in total. The summed E-state index contributed by atoms with van der Waals surface area (Å²) in [7, 11) is 3.28. The lowest BCUT2D eigenvalue weighted by molar-refractivity contribution is 0.0914. The van der Waals surface area contributed by atoms with Gasteiger partial charge in [-0.3, -0.25) is 4.79 Å². The molecule has 2 rings (SSSR count). The highest BCUT2D eigenvalue weighted by Crippen LogP contribution is 2.29. The third-order valence-corrected chi connectivity index (χ3v) is 6.27. The molecule has 2 aromatic rings. The first-order chi connectivity index (χ1) is 14.1. The van der Waals surface area contributed by atoms with E-state index in [1.165, 1.54) is 53.6 Å². The largest absolute Gasteiger partial charge is 0.497 e. The number of nitrogens with zero attached hydrogens (tertiary/aromatic N) is 1. The number of carbonyl (C=O) groups excluding carboxylic acids is 1. The van der Waals surface area contributed by atoms with Gasteiger partial charge in [0.05, 0.1) is 21.3 Å². The fraction of sp³-hybridized carbons (Fsp3) is 0.350. The van der Waals surface area contributed by atoms with Gasteiger partial charge in [-0.1, -0.05) is 0 Å². The Kier molecular flexibility index (Phi) is 7.65. The number of ether oxygens (including phenoxy) is 3. The quantitative estimate of drug-likeness (QED) is 0.609. The van der Waals surface area contributed by atoms with Crippen molar-refractivity contribution in [3.8, 4) is 17.2 Å². The van der Waals surface area contributed by atoms with Crippen LogP contribution in [0.3, 0.4) is 0 Å². The lowest BCUT2D eigenvalue weighted by Gasteiger charge is -2.17. The Morgan fingerprint density at radius 1 is 1.03 bits per heavy atom. The Morgan fingerprint density at radius 3 is 2.23 bits per heavy atom. The Hall–Kier alpha value is -2.82. The fourth-order valence-corrected chi connectivity index (χ4v) is 3.79. The molecule has 9 nitrogen and oxygen atoms in total. The lowest BCUT2D eigenvalue weighted by atomic mass is 10.1. The summed E-state index contributed by atoms with van der Waals surface area (Å²) in [5.74, 6) is 0.557. The average molecular weight is 439 g/mol. The molecule has 0 heterocycles. The molecule has 0 radical (unpaired) electrons. The van der Waals surface area contributed by atoms with Crippen LogP contribution in [0.25, 0.3) is 0 Å². The molecule has 30 heavy (non-hydrogen) atoms. The maximum atomic E-state index is 12.6. The summed E-state index contributed by atoms with van der Waals surface area (Å²) in [6.07, 6.45) is -1.07. The molecule has 1 atom stereocenters. The minimum absolute atomic E-state index is 0.112. The van der Waals surface area contributed by atoms with Crippen LogP contribution in [0, 0.1) is 0 Å². The number of carbonyl (C=O) groups is 1. The van der Waals surface area contributed by atoms with Crippen molar-refractivity contribution >= 4 is 15.9 Å². The molecule has 1 unspecified atom stereocenters. The second kappa shape index (κ2) is 9.79. The van der Waals surface area contributed by atoms with Crippen molar-refractivity contribution in [2.75, 3.05) is 42.0 Å². The van der Waals surface area contributed by atoms with Crippen LogP contribution in [-0.2, 0) is 10.0 Å². The number of aliphatic hydroxyl groups is 1. The van der Waals surface area contributed by atoms with E-state index in [2.05, 4.69) is 5.32 Å². The van der Waals surface area contributed by atoms with Crippen LogP contribution in [0.4, 0.5) is 0 Å². The van der Waals surface area contributed by atoms with E-state index in [0.717, 1.165) is 4.31 Å². The van der Waals surface area contributed by atoms with E-state index in [0.29, 0.717) is 17.1 Å². The third kappa shape index (κ3) is 5.02. The minimum Gasteiger partial charge on any atom is -0.497 e. The van der Waals surface area contributed by atoms with E-state index >= 15 is 0 Å². The second-order valence-corrected chi connectivity index (χ2v) is 8.61. The van der Waals surface area contributed by atoms with E-state index in [-0.39, 0.29) is 22.8 Å². The molecule has 1 amide bonds. The van der Waals surface area contributed by atoms with Crippen molar-refractivity contribution in [1.29, 1.82) is 0 Å². The molecule has 0 bridgehead atoms. The zero-order valence-corrected chi connectivity index (χ0v) is 18.3. The molecule has 0 aliphatic heterocycles. The molecule has 0 aromatic heterocycles. The number of hydrogen-bond acceptors (Lipinski definition) is 7. The van der Waals surface area contributed by atoms with Crippen molar-refractivity contribution < 1.29 is 32.5 Å². The van der Waals surface area contributed by atoms with Gasteiger partial charge in [-0.2, -0.15) is 0 Å². The van der Waals surface area contributed by atoms with Crippen molar-refractivity contribution in [2.24, 2.45) is 0 Å². The molecule has 0 aliphatic rings. The number of aliphatic hydroxyl groups excluding tert-OH is 1. The SMILES string of the molecule is COc1ccc(OC)c(C(O)CNC(=O)c2ccc(OC)c(S(=O)(=O)N(C)C)c2)c1. The lowest BCUT2D eigenvalue weighted by Crippen LogP contribution is -2.29. The van der Waals surface area contributed by atoms with Gasteiger partial charge < -0.3 is 24.6 Å². The van der Waals surface area contributed by atoms with Crippen LogP contribution >= 0.6 is 0 Å². The smallest absolute Gasteiger partial charge is 0.251 e. The molecule has 0 saturated heterocycles. The normalized spacial score (nSPS) is 12.4. The van der Waals surface area contributed by atoms with E-state index in [4.69, 9.17) is 14.2 Å². The van der Waals surface area contributed by atoms with Gasteiger partial charge in [0.1, 0.15) is 28.2 Å². The molecule has 0 fully saturated rings. The highest BCUT2D eigenvalue weighted by atomic mass is 32.2. The van der Waals surface area contributed by atoms with Crippen molar-refractivity contribution in [1.82, 2.24) is 9.62 Å². The minimum atomic E-state index is -3.82. The van der Waals surface area contributed by atoms with E-state index < -0.39 is 22.0 Å². The van der Waals surface area contributed by atoms with Crippen LogP contribution in [0.5, 0.6) is 17.2 Å². The predicted molar refractivity (Wildman–Crippen MR) is 111 cm³/mol. The van der Waals surface area contributed by atoms with E-state index in [9.17, 15) is 18.3 Å². The molecule has 0 spiro atoms. The average Bonchev–Trinajstić information content (AvgIpc) is 2.75. The van der Waals surface area contributed by atoms with Gasteiger partial charge in [0.25, 0.3) is 5.91 Å². The zero-order chi connectivity index (χ0) is 22.5. The number of rotatable bonds is 9. The van der Waals surface area contributed by atoms with Crippen LogP contribution < -0.4 is 19.5 Å². The molecular weight excluding hydrogens is 412 g/mol. The first-order valence-electron chi connectivity index (χ1n) is 8.94. The Bertz CT molecular complexity index is 1010. The standard InChI is InChI=1S/C20H26N2O7S/c1-22(2)30(25,26)19-10-13(6-8-18(19)29-5)20(24)21-12-16(23)15-11-14(27-3)7-9-17(15)28-4/h6-11,16,23H,12H2,1-5H3,(H,21,24). The van der Waals surface area contributed by atoms with Gasteiger partial charge in [0.15, 0.2) is 0 Å². The van der Waals surface area contributed by atoms with Gasteiger partial charge in [0, 0.05) is 31.8 Å². The van der Waals surface area contributed by atoms with Crippen molar-refractivity contribution in [3.63, 3.8) is 0 Å². The molecule has 164 valence electrons. The van der Waals surface area contributed by atoms with E-state index in [1.54, 1.807) is 18.2 Å². The zero-order valence-electron chi connectivity index (χ0n) is 17.5. The summed E-state index contributed by atoms with van der Waals surface area (Å²) in [6.45, 7) is -0.121. The number of benzene rings is 2. The number of nitrogens with one attached hydrogen (secondary N) is 1. The highest BCUT2D eigenvalue weighted by Gasteiger charge is 2.24. The Morgan fingerprint density at radius 2 is 1.67 bits per heavy atom. The summed E-state index contributed by atoms with van der Waals surface area (Å²) in [6, 6.07) is 9.06. The maximum Gasteiger partial charge on any atom is 0.251 e. The number of sulfonamides is 1. The highest BCUT2D eigenvalue weighted by molar-refractivity contribution is 7.89. The topological polar surface area (TPSA) is 114 Å². The van der Waals surface area contributed by atoms with Gasteiger partial charge in [-0.15, -0.1) is 0 Å². The van der Waals surface area contributed by atoms with Gasteiger partial charge >= 0.3 is 0 Å². The number of hydrogen-bond donors (Lipinski definition) is 2. The molecule has 0 aliphatic carbocycles. The van der Waals surface area contributed by atoms with Crippen LogP contribution in [0.15, 0.2) is 41.3 Å². The van der Waals surface area contributed by atoms with Crippen LogP contribution in [0.2, 0.25) is 0 Å². The number of amides is 1. The van der Waals surface area contributed by atoms with Gasteiger partial charge in [-0.05, 0) is 36.4 Å². The van der Waals surface area contributed by atoms with Gasteiger partial charge in [-0.25, -0.2) is 12.7 Å². The summed E-state index contributed by atoms with van der Waals surface area (Å²) in [5, 5.41) is 13.1.